The maximum absolute atomic E-state index is 13.0. The van der Waals surface area contributed by atoms with Crippen LogP contribution in [0.15, 0.2) is 35.1 Å². The van der Waals surface area contributed by atoms with Gasteiger partial charge in [0.05, 0.1) is 29.3 Å². The number of hydrogen-bond donors (Lipinski definition) is 3. The standard InChI is InChI=1S/C29H43NO4/c1-6-7-8-9-18-16-30-25-20(18)14-19-10-11-21-27(4,28(19,25)5)13-12-23-29(21,17-31)22(32)15-24(34-23)26(2,3)33/h7-9,17,19,21-24,30,32-33H,6,10-16H2,1-5H3/b8-7-,18-9+. The first-order valence-corrected chi connectivity index (χ1v) is 13.4. The van der Waals surface area contributed by atoms with Gasteiger partial charge in [-0.3, -0.25) is 0 Å². The van der Waals surface area contributed by atoms with E-state index in [1.165, 1.54) is 16.8 Å². The van der Waals surface area contributed by atoms with Crippen molar-refractivity contribution in [2.75, 3.05) is 6.54 Å². The van der Waals surface area contributed by atoms with Crippen LogP contribution < -0.4 is 5.32 Å². The summed E-state index contributed by atoms with van der Waals surface area (Å²) in [5.41, 5.74) is 2.16. The predicted molar refractivity (Wildman–Crippen MR) is 133 cm³/mol. The van der Waals surface area contributed by atoms with Crippen LogP contribution >= 0.6 is 0 Å². The Morgan fingerprint density at radius 2 is 2.00 bits per heavy atom. The van der Waals surface area contributed by atoms with Crippen molar-refractivity contribution in [1.29, 1.82) is 0 Å². The number of allylic oxidation sites excluding steroid dienone is 4. The molecule has 2 saturated carbocycles. The van der Waals surface area contributed by atoms with Crippen LogP contribution in [0, 0.1) is 28.1 Å². The monoisotopic (exact) mass is 469 g/mol. The summed E-state index contributed by atoms with van der Waals surface area (Å²) >= 11 is 0. The Morgan fingerprint density at radius 1 is 1.24 bits per heavy atom. The lowest BCUT2D eigenvalue weighted by Crippen LogP contribution is -2.70. The molecule has 3 fully saturated rings. The number of rotatable bonds is 4. The molecule has 0 bridgehead atoms. The van der Waals surface area contributed by atoms with Crippen molar-refractivity contribution in [2.24, 2.45) is 28.1 Å². The van der Waals surface area contributed by atoms with Gasteiger partial charge in [-0.15, -0.1) is 0 Å². The van der Waals surface area contributed by atoms with Gasteiger partial charge in [-0.2, -0.15) is 0 Å². The van der Waals surface area contributed by atoms with E-state index in [0.29, 0.717) is 12.3 Å². The molecule has 8 atom stereocenters. The maximum atomic E-state index is 13.0. The maximum Gasteiger partial charge on any atom is 0.131 e. The summed E-state index contributed by atoms with van der Waals surface area (Å²) in [5.74, 6) is 0.605. The molecule has 1 saturated heterocycles. The van der Waals surface area contributed by atoms with E-state index >= 15 is 0 Å². The third-order valence-corrected chi connectivity index (χ3v) is 10.8. The number of carbonyl (C=O) groups is 1. The van der Waals surface area contributed by atoms with Gasteiger partial charge in [-0.1, -0.05) is 39.0 Å². The average Bonchev–Trinajstić information content (AvgIpc) is 3.31. The Hall–Kier alpha value is -1.43. The fourth-order valence-corrected chi connectivity index (χ4v) is 8.74. The minimum atomic E-state index is -1.05. The molecule has 5 heteroatoms. The number of fused-ring (bicyclic) bond motifs is 6. The van der Waals surface area contributed by atoms with Crippen molar-refractivity contribution in [1.82, 2.24) is 5.32 Å². The zero-order valence-corrected chi connectivity index (χ0v) is 21.6. The molecule has 188 valence electrons. The Balaban J connectivity index is 1.54. The van der Waals surface area contributed by atoms with Gasteiger partial charge < -0.3 is 25.1 Å². The first kappa shape index (κ1) is 24.3. The molecule has 8 unspecified atom stereocenters. The highest BCUT2D eigenvalue weighted by molar-refractivity contribution is 5.64. The van der Waals surface area contributed by atoms with Crippen molar-refractivity contribution in [3.05, 3.63) is 35.1 Å². The summed E-state index contributed by atoms with van der Waals surface area (Å²) in [7, 11) is 0. The van der Waals surface area contributed by atoms with Crippen molar-refractivity contribution in [2.45, 2.75) is 103 Å². The van der Waals surface area contributed by atoms with Crippen LogP contribution in [0.1, 0.15) is 79.6 Å². The molecule has 3 aliphatic carbocycles. The van der Waals surface area contributed by atoms with E-state index in [0.717, 1.165) is 51.4 Å². The summed E-state index contributed by atoms with van der Waals surface area (Å²) in [6, 6.07) is 0. The largest absolute Gasteiger partial charge is 0.392 e. The van der Waals surface area contributed by atoms with Gasteiger partial charge in [0.1, 0.15) is 6.29 Å². The van der Waals surface area contributed by atoms with Gasteiger partial charge in [-0.25, -0.2) is 0 Å². The van der Waals surface area contributed by atoms with E-state index in [-0.39, 0.29) is 22.9 Å². The zero-order valence-electron chi connectivity index (χ0n) is 21.6. The number of carbonyl (C=O) groups excluding carboxylic acids is 1. The van der Waals surface area contributed by atoms with Crippen LogP contribution in [0.3, 0.4) is 0 Å². The second-order valence-electron chi connectivity index (χ2n) is 12.6. The van der Waals surface area contributed by atoms with Crippen molar-refractivity contribution >= 4 is 6.29 Å². The lowest BCUT2D eigenvalue weighted by atomic mass is 9.39. The van der Waals surface area contributed by atoms with Crippen molar-refractivity contribution in [3.8, 4) is 0 Å². The fraction of sp³-hybridized carbons (Fsp3) is 0.759. The quantitative estimate of drug-likeness (QED) is 0.530. The van der Waals surface area contributed by atoms with Gasteiger partial charge in [0.15, 0.2) is 0 Å². The summed E-state index contributed by atoms with van der Waals surface area (Å²) < 4.78 is 6.43. The molecule has 5 rings (SSSR count). The van der Waals surface area contributed by atoms with Crippen LogP contribution in [-0.2, 0) is 9.53 Å². The van der Waals surface area contributed by atoms with Gasteiger partial charge >= 0.3 is 0 Å². The highest BCUT2D eigenvalue weighted by Gasteiger charge is 2.71. The Morgan fingerprint density at radius 3 is 2.68 bits per heavy atom. The van der Waals surface area contributed by atoms with Gasteiger partial charge in [0, 0.05) is 24.1 Å². The first-order valence-electron chi connectivity index (χ1n) is 13.4. The lowest BCUT2D eigenvalue weighted by molar-refractivity contribution is -0.275. The van der Waals surface area contributed by atoms with Crippen LogP contribution in [-0.4, -0.2) is 47.0 Å². The second-order valence-corrected chi connectivity index (χ2v) is 12.6. The van der Waals surface area contributed by atoms with Crippen LogP contribution in [0.5, 0.6) is 0 Å². The van der Waals surface area contributed by atoms with Gasteiger partial charge in [-0.05, 0) is 80.8 Å². The summed E-state index contributed by atoms with van der Waals surface area (Å²) in [6.45, 7) is 11.3. The Labute approximate surface area is 204 Å². The smallest absolute Gasteiger partial charge is 0.131 e. The predicted octanol–water partition coefficient (Wildman–Crippen LogP) is 4.45. The molecular formula is C29H43NO4. The van der Waals surface area contributed by atoms with E-state index in [1.807, 2.05) is 0 Å². The van der Waals surface area contributed by atoms with Crippen LogP contribution in [0.25, 0.3) is 0 Å². The third kappa shape index (κ3) is 3.05. The molecule has 0 amide bonds. The molecule has 5 aliphatic rings. The van der Waals surface area contributed by atoms with Crippen molar-refractivity contribution < 1.29 is 19.7 Å². The fourth-order valence-electron chi connectivity index (χ4n) is 8.74. The molecule has 0 spiro atoms. The molecule has 34 heavy (non-hydrogen) atoms. The highest BCUT2D eigenvalue weighted by atomic mass is 16.5. The van der Waals surface area contributed by atoms with E-state index in [4.69, 9.17) is 4.74 Å². The molecule has 0 radical (unpaired) electrons. The Kier molecular flexibility index (Phi) is 5.74. The van der Waals surface area contributed by atoms with Gasteiger partial charge in [0.25, 0.3) is 0 Å². The number of aliphatic hydroxyl groups is 2. The number of ether oxygens (including phenoxy) is 1. The molecular weight excluding hydrogens is 426 g/mol. The molecule has 0 aromatic heterocycles. The average molecular weight is 470 g/mol. The number of nitrogens with one attached hydrogen (secondary N) is 1. The molecule has 2 aliphatic heterocycles. The normalized spacial score (nSPS) is 47.3. The van der Waals surface area contributed by atoms with E-state index in [1.54, 1.807) is 13.8 Å². The number of aldehydes is 1. The molecule has 0 aromatic carbocycles. The van der Waals surface area contributed by atoms with E-state index in [9.17, 15) is 15.0 Å². The Bertz CT molecular complexity index is 944. The summed E-state index contributed by atoms with van der Waals surface area (Å²) in [6.07, 6.45) is 12.2. The summed E-state index contributed by atoms with van der Waals surface area (Å²) in [5, 5.41) is 26.0. The SMILES string of the molecule is CC/C=C\C=C1/CNC2=C1CC1CCC3C4(C=O)C(O)CC(C(C)(C)O)OC4CCC3(C)C21C. The summed E-state index contributed by atoms with van der Waals surface area (Å²) in [4.78, 5) is 13.0. The second kappa shape index (κ2) is 8.04. The minimum Gasteiger partial charge on any atom is -0.392 e. The first-order chi connectivity index (χ1) is 16.0. The van der Waals surface area contributed by atoms with Crippen molar-refractivity contribution in [3.63, 3.8) is 0 Å². The topological polar surface area (TPSA) is 78.8 Å². The molecule has 3 N–H and O–H groups in total. The van der Waals surface area contributed by atoms with Gasteiger partial charge in [0.2, 0.25) is 0 Å². The highest BCUT2D eigenvalue weighted by Crippen LogP contribution is 2.73. The van der Waals surface area contributed by atoms with E-state index < -0.39 is 23.2 Å². The van der Waals surface area contributed by atoms with E-state index in [2.05, 4.69) is 44.3 Å². The number of hydrogen-bond acceptors (Lipinski definition) is 5. The zero-order chi connectivity index (χ0) is 24.5. The van der Waals surface area contributed by atoms with Crippen LogP contribution in [0.4, 0.5) is 0 Å². The molecule has 5 nitrogen and oxygen atoms in total. The minimum absolute atomic E-state index is 0.0525. The molecule has 0 aromatic rings. The lowest BCUT2D eigenvalue weighted by Gasteiger charge is -2.67. The van der Waals surface area contributed by atoms with Crippen LogP contribution in [0.2, 0.25) is 0 Å². The molecule has 2 heterocycles. The third-order valence-electron chi connectivity index (χ3n) is 10.8. The number of aliphatic hydroxyl groups excluding tert-OH is 1.